The fraction of sp³-hybridized carbons (Fsp3) is 0.150. The summed E-state index contributed by atoms with van der Waals surface area (Å²) in [6, 6.07) is 10.8. The second kappa shape index (κ2) is 12.0. The molecule has 250 valence electrons. The Kier molecular flexibility index (Phi) is 7.59. The molecule has 0 amide bonds. The van der Waals surface area contributed by atoms with Crippen LogP contribution < -0.4 is 0 Å². The van der Waals surface area contributed by atoms with Gasteiger partial charge in [-0.1, -0.05) is 19.3 Å². The Morgan fingerprint density at radius 3 is 1.40 bits per heavy atom. The Labute approximate surface area is 301 Å². The molecule has 4 aliphatic carbocycles. The topological polar surface area (TPSA) is 90.4 Å². The fourth-order valence-corrected chi connectivity index (χ4v) is 10.4. The van der Waals surface area contributed by atoms with E-state index in [9.17, 15) is 37.7 Å². The molecule has 2 aromatic heterocycles. The summed E-state index contributed by atoms with van der Waals surface area (Å²) in [6.45, 7) is 15.1. The largest absolute Gasteiger partial charge is 0.289 e. The van der Waals surface area contributed by atoms with Gasteiger partial charge in [-0.25, -0.2) is 37.8 Å². The molecule has 4 aromatic rings. The van der Waals surface area contributed by atoms with Crippen LogP contribution in [0.3, 0.4) is 0 Å². The van der Waals surface area contributed by atoms with E-state index < -0.39 is 51.6 Å². The predicted molar refractivity (Wildman–Crippen MR) is 187 cm³/mol. The van der Waals surface area contributed by atoms with Crippen molar-refractivity contribution in [3.63, 3.8) is 0 Å². The molecule has 6 nitrogen and oxygen atoms in total. The lowest BCUT2D eigenvalue weighted by atomic mass is 9.68. The van der Waals surface area contributed by atoms with Crippen LogP contribution in [-0.4, -0.2) is 11.6 Å². The van der Waals surface area contributed by atoms with Crippen LogP contribution >= 0.6 is 22.7 Å². The summed E-state index contributed by atoms with van der Waals surface area (Å²) >= 11 is 2.77. The third-order valence-electron chi connectivity index (χ3n) is 10.1. The number of nitrogens with zero attached hydrogens (tertiary/aromatic N) is 4. The number of carbonyl (C=O) groups excluding carboxylic acids is 2. The van der Waals surface area contributed by atoms with Gasteiger partial charge in [0.25, 0.3) is 11.4 Å². The minimum absolute atomic E-state index is 0.0124. The van der Waals surface area contributed by atoms with Crippen LogP contribution in [0.2, 0.25) is 0 Å². The second-order valence-electron chi connectivity index (χ2n) is 12.7. The molecular formula is C40H18F4N4O2S2. The van der Waals surface area contributed by atoms with E-state index in [0.717, 1.165) is 77.3 Å². The lowest BCUT2D eigenvalue weighted by Gasteiger charge is -2.34. The van der Waals surface area contributed by atoms with Gasteiger partial charge in [0.05, 0.1) is 25.3 Å². The minimum Gasteiger partial charge on any atom is -0.289 e. The number of rotatable bonds is 2. The smallest absolute Gasteiger partial charge is 0.270 e. The van der Waals surface area contributed by atoms with Crippen LogP contribution in [0.1, 0.15) is 84.8 Å². The van der Waals surface area contributed by atoms with Crippen molar-refractivity contribution in [1.82, 2.24) is 0 Å². The quantitative estimate of drug-likeness (QED) is 0.0890. The molecule has 0 unspecified atom stereocenters. The average Bonchev–Trinajstić information content (AvgIpc) is 3.91. The zero-order chi connectivity index (χ0) is 36.6. The molecule has 2 aromatic carbocycles. The molecule has 1 fully saturated rings. The number of halogens is 4. The maximum absolute atomic E-state index is 14.3. The van der Waals surface area contributed by atoms with Gasteiger partial charge in [-0.3, -0.25) is 9.59 Å². The lowest BCUT2D eigenvalue weighted by molar-refractivity contribution is 0.103. The van der Waals surface area contributed by atoms with E-state index in [2.05, 4.69) is 9.69 Å². The van der Waals surface area contributed by atoms with Crippen LogP contribution in [0.25, 0.3) is 42.7 Å². The van der Waals surface area contributed by atoms with E-state index in [0.29, 0.717) is 9.75 Å². The van der Waals surface area contributed by atoms with E-state index in [-0.39, 0.29) is 44.5 Å². The first-order valence-electron chi connectivity index (χ1n) is 15.9. The number of allylic oxidation sites excluding steroid dienone is 6. The monoisotopic (exact) mass is 726 g/mol. The number of Topliss-reactive ketones (excluding diaryl/α,β-unsaturated/α-hetero) is 2. The maximum Gasteiger partial charge on any atom is 0.270 e. The van der Waals surface area contributed by atoms with Crippen LogP contribution in [0, 0.1) is 59.1 Å². The van der Waals surface area contributed by atoms with Crippen molar-refractivity contribution in [2.24, 2.45) is 0 Å². The molecule has 2 heterocycles. The summed E-state index contributed by atoms with van der Waals surface area (Å²) in [7, 11) is 0. The summed E-state index contributed by atoms with van der Waals surface area (Å²) in [6.07, 6.45) is 7.69. The third-order valence-corrected chi connectivity index (χ3v) is 12.4. The Bertz CT molecular complexity index is 2480. The molecule has 0 saturated heterocycles. The van der Waals surface area contributed by atoms with Gasteiger partial charge >= 0.3 is 0 Å². The molecule has 0 N–H and O–H groups in total. The highest BCUT2D eigenvalue weighted by Crippen LogP contribution is 2.61. The lowest BCUT2D eigenvalue weighted by Crippen LogP contribution is -2.27. The van der Waals surface area contributed by atoms with Crippen molar-refractivity contribution in [2.75, 3.05) is 0 Å². The Balaban J connectivity index is 1.28. The second-order valence-corrected chi connectivity index (χ2v) is 14.9. The number of hydrogen-bond donors (Lipinski definition) is 0. The van der Waals surface area contributed by atoms with E-state index in [1.165, 1.54) is 22.7 Å². The molecule has 1 spiro atoms. The highest BCUT2D eigenvalue weighted by Gasteiger charge is 2.47. The molecule has 12 heteroatoms. The van der Waals surface area contributed by atoms with Crippen molar-refractivity contribution in [2.45, 2.75) is 37.5 Å². The number of hydrogen-bond acceptors (Lipinski definition) is 6. The number of thiophene rings is 2. The number of fused-ring (bicyclic) bond motifs is 7. The van der Waals surface area contributed by atoms with Crippen molar-refractivity contribution < 1.29 is 27.2 Å². The predicted octanol–water partition coefficient (Wildman–Crippen LogP) is 10.5. The SMILES string of the molecule is [C-]#[N+]/C(C#N)=C1\C(=C\c2cc3c(s2)-c2sc(/C=C4\C(=O)c5cc(F)c(F)cc5\C4=C(\C#N)[N+]#[C-])cc2C32CCCCC2)C(=O)c2cc(F)c(F)cc21. The molecule has 0 aliphatic heterocycles. The first kappa shape index (κ1) is 33.0. The standard InChI is InChI=1S/C40H18F4N4O2S2/c1-47-32(16-45)34-20-12-28(41)30(43)14-22(20)36(49)24(34)8-18-10-26-38(51-18)39-27(40(26)6-4-3-5-7-40)11-19(52-39)9-25-35(33(17-46)48-2)21-13-29(42)31(44)15-23(21)37(25)50/h8-15H,3-7H2/b24-8-,25-9-,34-32-,35-33+. The summed E-state index contributed by atoms with van der Waals surface area (Å²) in [5.74, 6) is -6.12. The van der Waals surface area contributed by atoms with Gasteiger partial charge in [-0.2, -0.15) is 0 Å². The number of carbonyl (C=O) groups is 2. The Morgan fingerprint density at radius 1 is 0.654 bits per heavy atom. The zero-order valence-corrected chi connectivity index (χ0v) is 28.2. The van der Waals surface area contributed by atoms with Gasteiger partial charge in [0.2, 0.25) is 0 Å². The van der Waals surface area contributed by atoms with Gasteiger partial charge in [0.1, 0.15) is 0 Å². The van der Waals surface area contributed by atoms with Crippen LogP contribution in [0.5, 0.6) is 0 Å². The van der Waals surface area contributed by atoms with Crippen LogP contribution in [0.4, 0.5) is 17.6 Å². The van der Waals surface area contributed by atoms with Crippen molar-refractivity contribution in [1.29, 1.82) is 10.5 Å². The van der Waals surface area contributed by atoms with E-state index in [4.69, 9.17) is 13.1 Å². The summed E-state index contributed by atoms with van der Waals surface area (Å²) in [5, 5.41) is 19.5. The minimum atomic E-state index is -1.22. The zero-order valence-electron chi connectivity index (χ0n) is 26.6. The summed E-state index contributed by atoms with van der Waals surface area (Å²) in [5.41, 5.74) is 0.430. The van der Waals surface area contributed by atoms with E-state index in [1.54, 1.807) is 24.3 Å². The van der Waals surface area contributed by atoms with Gasteiger partial charge in [-0.15, -0.1) is 22.7 Å². The van der Waals surface area contributed by atoms with E-state index >= 15 is 0 Å². The molecule has 1 saturated carbocycles. The average molecular weight is 727 g/mol. The van der Waals surface area contributed by atoms with Gasteiger partial charge in [0, 0.05) is 58.3 Å². The molecule has 52 heavy (non-hydrogen) atoms. The van der Waals surface area contributed by atoms with Gasteiger partial charge in [0.15, 0.2) is 34.8 Å². The van der Waals surface area contributed by atoms with Gasteiger partial charge in [-0.05, 0) is 83.6 Å². The number of nitriles is 2. The fourth-order valence-electron chi connectivity index (χ4n) is 7.88. The first-order valence-corrected chi connectivity index (χ1v) is 17.5. The maximum atomic E-state index is 14.3. The normalized spacial score (nSPS) is 19.8. The van der Waals surface area contributed by atoms with E-state index in [1.807, 2.05) is 12.1 Å². The molecule has 0 radical (unpaired) electrons. The Hall–Kier alpha value is -6.18. The number of benzene rings is 2. The summed E-state index contributed by atoms with van der Waals surface area (Å²) < 4.78 is 57.1. The third kappa shape index (κ3) is 4.62. The highest BCUT2D eigenvalue weighted by molar-refractivity contribution is 7.23. The molecular weight excluding hydrogens is 709 g/mol. The Morgan fingerprint density at radius 2 is 1.04 bits per heavy atom. The number of ketones is 2. The summed E-state index contributed by atoms with van der Waals surface area (Å²) in [4.78, 5) is 36.9. The van der Waals surface area contributed by atoms with Gasteiger partial charge < -0.3 is 0 Å². The van der Waals surface area contributed by atoms with Crippen LogP contribution in [0.15, 0.2) is 58.9 Å². The van der Waals surface area contributed by atoms with Crippen LogP contribution in [-0.2, 0) is 5.41 Å². The highest BCUT2D eigenvalue weighted by atomic mass is 32.1. The van der Waals surface area contributed by atoms with Crippen molar-refractivity contribution in [3.05, 3.63) is 148 Å². The molecule has 0 atom stereocenters. The molecule has 0 bridgehead atoms. The first-order chi connectivity index (χ1) is 25.0. The molecule has 4 aliphatic rings. The van der Waals surface area contributed by atoms with Crippen molar-refractivity contribution >= 4 is 57.5 Å². The molecule has 8 rings (SSSR count). The van der Waals surface area contributed by atoms with Crippen molar-refractivity contribution in [3.8, 4) is 21.9 Å².